The molecule has 2 aliphatic rings. The van der Waals surface area contributed by atoms with Crippen LogP contribution < -0.4 is 4.74 Å². The Morgan fingerprint density at radius 1 is 1.11 bits per heavy atom. The minimum atomic E-state index is -3.02. The van der Waals surface area contributed by atoms with Crippen LogP contribution >= 0.6 is 0 Å². The van der Waals surface area contributed by atoms with E-state index in [9.17, 15) is 18.0 Å². The third-order valence-electron chi connectivity index (χ3n) is 5.57. The zero-order chi connectivity index (χ0) is 19.6. The van der Waals surface area contributed by atoms with Crippen LogP contribution in [0.1, 0.15) is 29.6 Å². The van der Waals surface area contributed by atoms with E-state index in [-0.39, 0.29) is 35.3 Å². The number of carbonyl (C=O) groups excluding carboxylic acids is 2. The van der Waals surface area contributed by atoms with E-state index < -0.39 is 9.84 Å². The largest absolute Gasteiger partial charge is 0.497 e. The van der Waals surface area contributed by atoms with E-state index in [2.05, 4.69) is 0 Å². The number of methoxy groups -OCH3 is 1. The number of likely N-dealkylation sites (tertiary alicyclic amines) is 1. The van der Waals surface area contributed by atoms with Crippen molar-refractivity contribution in [3.05, 3.63) is 29.8 Å². The summed E-state index contributed by atoms with van der Waals surface area (Å²) in [7, 11) is 0.261. The first-order valence-corrected chi connectivity index (χ1v) is 11.0. The maximum absolute atomic E-state index is 12.7. The van der Waals surface area contributed by atoms with Crippen molar-refractivity contribution in [3.8, 4) is 5.75 Å². The highest BCUT2D eigenvalue weighted by atomic mass is 32.2. The lowest BCUT2D eigenvalue weighted by Gasteiger charge is -2.34. The molecule has 0 saturated carbocycles. The maximum atomic E-state index is 12.7. The van der Waals surface area contributed by atoms with Gasteiger partial charge < -0.3 is 14.5 Å². The summed E-state index contributed by atoms with van der Waals surface area (Å²) < 4.78 is 28.4. The number of sulfone groups is 1. The first kappa shape index (κ1) is 19.7. The Balaban J connectivity index is 1.54. The van der Waals surface area contributed by atoms with Crippen molar-refractivity contribution in [3.63, 3.8) is 0 Å². The molecule has 27 heavy (non-hydrogen) atoms. The summed E-state index contributed by atoms with van der Waals surface area (Å²) in [5.74, 6) is 0.715. The molecule has 2 amide bonds. The van der Waals surface area contributed by atoms with Crippen LogP contribution in [0.15, 0.2) is 24.3 Å². The van der Waals surface area contributed by atoms with Crippen LogP contribution in [0.3, 0.4) is 0 Å². The molecule has 1 unspecified atom stereocenters. The number of rotatable bonds is 4. The van der Waals surface area contributed by atoms with Gasteiger partial charge in [0.25, 0.3) is 5.91 Å². The Labute approximate surface area is 160 Å². The molecule has 0 spiro atoms. The van der Waals surface area contributed by atoms with Crippen molar-refractivity contribution < 1.29 is 22.7 Å². The molecule has 2 saturated heterocycles. The molecule has 1 aromatic carbocycles. The number of piperidine rings is 1. The van der Waals surface area contributed by atoms with Crippen molar-refractivity contribution in [1.82, 2.24) is 9.80 Å². The molecule has 7 nitrogen and oxygen atoms in total. The monoisotopic (exact) mass is 394 g/mol. The molecule has 2 heterocycles. The molecule has 2 fully saturated rings. The zero-order valence-corrected chi connectivity index (χ0v) is 16.6. The Kier molecular flexibility index (Phi) is 5.74. The van der Waals surface area contributed by atoms with Gasteiger partial charge in [-0.05, 0) is 43.5 Å². The summed E-state index contributed by atoms with van der Waals surface area (Å²) in [5, 5.41) is 0. The van der Waals surface area contributed by atoms with Crippen LogP contribution in [0.25, 0.3) is 0 Å². The van der Waals surface area contributed by atoms with Crippen molar-refractivity contribution in [2.45, 2.75) is 25.3 Å². The molecule has 1 atom stereocenters. The van der Waals surface area contributed by atoms with E-state index in [1.54, 1.807) is 48.2 Å². The molecular formula is C19H26N2O5S. The van der Waals surface area contributed by atoms with Gasteiger partial charge in [-0.25, -0.2) is 8.42 Å². The van der Waals surface area contributed by atoms with Crippen molar-refractivity contribution >= 4 is 21.7 Å². The standard InChI is InChI=1S/C19H26N2O5S/c1-20(16-9-12-27(24,25)13-16)18(22)15-7-10-21(11-8-15)19(23)14-3-5-17(26-2)6-4-14/h3-6,15-16H,7-13H2,1-2H3. The van der Waals surface area contributed by atoms with Crippen LogP contribution in [-0.4, -0.2) is 74.8 Å². The van der Waals surface area contributed by atoms with Gasteiger partial charge in [0.15, 0.2) is 9.84 Å². The van der Waals surface area contributed by atoms with Crippen molar-refractivity contribution in [1.29, 1.82) is 0 Å². The van der Waals surface area contributed by atoms with Gasteiger partial charge in [-0.15, -0.1) is 0 Å². The molecular weight excluding hydrogens is 368 g/mol. The highest BCUT2D eigenvalue weighted by molar-refractivity contribution is 7.91. The van der Waals surface area contributed by atoms with E-state index in [4.69, 9.17) is 4.74 Å². The summed E-state index contributed by atoms with van der Waals surface area (Å²) in [4.78, 5) is 28.7. The Morgan fingerprint density at radius 2 is 1.74 bits per heavy atom. The van der Waals surface area contributed by atoms with E-state index in [0.29, 0.717) is 43.7 Å². The highest BCUT2D eigenvalue weighted by Gasteiger charge is 2.36. The van der Waals surface area contributed by atoms with Gasteiger partial charge in [0, 0.05) is 37.7 Å². The molecule has 0 aromatic heterocycles. The average Bonchev–Trinajstić information content (AvgIpc) is 3.06. The minimum absolute atomic E-state index is 0.00588. The topological polar surface area (TPSA) is 84.0 Å². The van der Waals surface area contributed by atoms with Gasteiger partial charge >= 0.3 is 0 Å². The fraction of sp³-hybridized carbons (Fsp3) is 0.579. The number of carbonyl (C=O) groups is 2. The molecule has 0 N–H and O–H groups in total. The fourth-order valence-corrected chi connectivity index (χ4v) is 5.57. The molecule has 1 aromatic rings. The SMILES string of the molecule is COc1ccc(C(=O)N2CCC(C(=O)N(C)C3CCS(=O)(=O)C3)CC2)cc1. The first-order valence-electron chi connectivity index (χ1n) is 9.21. The third kappa shape index (κ3) is 4.43. The van der Waals surface area contributed by atoms with Crippen molar-refractivity contribution in [2.75, 3.05) is 38.8 Å². The Hall–Kier alpha value is -2.09. The highest BCUT2D eigenvalue weighted by Crippen LogP contribution is 2.24. The molecule has 0 radical (unpaired) electrons. The summed E-state index contributed by atoms with van der Waals surface area (Å²) in [5.41, 5.74) is 0.605. The van der Waals surface area contributed by atoms with Crippen LogP contribution in [-0.2, 0) is 14.6 Å². The van der Waals surface area contributed by atoms with Gasteiger partial charge in [-0.1, -0.05) is 0 Å². The van der Waals surface area contributed by atoms with Crippen LogP contribution in [0.5, 0.6) is 5.75 Å². The van der Waals surface area contributed by atoms with Gasteiger partial charge in [0.2, 0.25) is 5.91 Å². The third-order valence-corrected chi connectivity index (χ3v) is 7.32. The molecule has 0 bridgehead atoms. The number of amides is 2. The lowest BCUT2D eigenvalue weighted by Crippen LogP contribution is -2.46. The summed E-state index contributed by atoms with van der Waals surface area (Å²) in [6.07, 6.45) is 1.72. The number of hydrogen-bond donors (Lipinski definition) is 0. The maximum Gasteiger partial charge on any atom is 0.253 e. The Bertz CT molecular complexity index is 798. The Morgan fingerprint density at radius 3 is 2.26 bits per heavy atom. The lowest BCUT2D eigenvalue weighted by atomic mass is 9.94. The first-order chi connectivity index (χ1) is 12.8. The summed E-state index contributed by atoms with van der Waals surface area (Å²) >= 11 is 0. The van der Waals surface area contributed by atoms with Crippen LogP contribution in [0.4, 0.5) is 0 Å². The fourth-order valence-electron chi connectivity index (χ4n) is 3.79. The quantitative estimate of drug-likeness (QED) is 0.766. The van der Waals surface area contributed by atoms with E-state index in [1.807, 2.05) is 0 Å². The van der Waals surface area contributed by atoms with Gasteiger partial charge in [-0.3, -0.25) is 9.59 Å². The second-order valence-corrected chi connectivity index (χ2v) is 9.53. The summed E-state index contributed by atoms with van der Waals surface area (Å²) in [6.45, 7) is 1.05. The van der Waals surface area contributed by atoms with Crippen LogP contribution in [0.2, 0.25) is 0 Å². The van der Waals surface area contributed by atoms with E-state index in [0.717, 1.165) is 0 Å². The molecule has 2 aliphatic heterocycles. The number of hydrogen-bond acceptors (Lipinski definition) is 5. The number of benzene rings is 1. The molecule has 3 rings (SSSR count). The van der Waals surface area contributed by atoms with Crippen molar-refractivity contribution in [2.24, 2.45) is 5.92 Å². The molecule has 148 valence electrons. The predicted octanol–water partition coefficient (Wildman–Crippen LogP) is 1.19. The van der Waals surface area contributed by atoms with E-state index >= 15 is 0 Å². The smallest absolute Gasteiger partial charge is 0.253 e. The molecule has 0 aliphatic carbocycles. The van der Waals surface area contributed by atoms with Crippen LogP contribution in [0, 0.1) is 5.92 Å². The zero-order valence-electron chi connectivity index (χ0n) is 15.8. The van der Waals surface area contributed by atoms with Gasteiger partial charge in [-0.2, -0.15) is 0 Å². The lowest BCUT2D eigenvalue weighted by molar-refractivity contribution is -0.137. The second kappa shape index (κ2) is 7.88. The van der Waals surface area contributed by atoms with Gasteiger partial charge in [0.05, 0.1) is 18.6 Å². The predicted molar refractivity (Wildman–Crippen MR) is 101 cm³/mol. The average molecular weight is 394 g/mol. The van der Waals surface area contributed by atoms with Gasteiger partial charge in [0.1, 0.15) is 5.75 Å². The normalized spacial score (nSPS) is 22.4. The molecule has 8 heteroatoms. The number of ether oxygens (including phenoxy) is 1. The van der Waals surface area contributed by atoms with E-state index in [1.165, 1.54) is 0 Å². The second-order valence-electron chi connectivity index (χ2n) is 7.30. The minimum Gasteiger partial charge on any atom is -0.497 e. The summed E-state index contributed by atoms with van der Waals surface area (Å²) in [6, 6.07) is 6.78. The number of nitrogens with zero attached hydrogens (tertiary/aromatic N) is 2.